The van der Waals surface area contributed by atoms with Crippen molar-refractivity contribution in [3.05, 3.63) is 65.6 Å². The van der Waals surface area contributed by atoms with Crippen molar-refractivity contribution in [3.8, 4) is 0 Å². The summed E-state index contributed by atoms with van der Waals surface area (Å²) in [5.74, 6) is -0.536. The Kier molecular flexibility index (Phi) is 3.63. The smallest absolute Gasteiger partial charge is 0.337 e. The molecule has 6 heteroatoms. The molecule has 1 aromatic heterocycles. The number of halogens is 4. The van der Waals surface area contributed by atoms with Crippen molar-refractivity contribution in [2.45, 2.75) is 24.9 Å². The van der Waals surface area contributed by atoms with Crippen LogP contribution in [0.3, 0.4) is 0 Å². The summed E-state index contributed by atoms with van der Waals surface area (Å²) in [6.07, 6.45) is -1.07. The maximum atomic E-state index is 14.3. The fourth-order valence-corrected chi connectivity index (χ4v) is 2.97. The molecule has 1 heterocycles. The lowest BCUT2D eigenvalue weighted by Gasteiger charge is -2.14. The van der Waals surface area contributed by atoms with Crippen molar-refractivity contribution in [1.29, 1.82) is 0 Å². The largest absolute Gasteiger partial charge is 0.419 e. The van der Waals surface area contributed by atoms with E-state index in [1.54, 1.807) is 6.07 Å². The van der Waals surface area contributed by atoms with Crippen molar-refractivity contribution < 1.29 is 17.6 Å². The fourth-order valence-electron chi connectivity index (χ4n) is 2.97. The highest BCUT2D eigenvalue weighted by Crippen LogP contribution is 2.44. The summed E-state index contributed by atoms with van der Waals surface area (Å²) in [5, 5.41) is 4.29. The first-order chi connectivity index (χ1) is 11.9. The van der Waals surface area contributed by atoms with Crippen LogP contribution in [0.5, 0.6) is 0 Å². The van der Waals surface area contributed by atoms with Gasteiger partial charge in [-0.25, -0.2) is 9.37 Å². The topological polar surface area (TPSA) is 24.9 Å². The Hall–Kier alpha value is -2.63. The molecule has 1 aliphatic carbocycles. The van der Waals surface area contributed by atoms with Gasteiger partial charge in [-0.05, 0) is 41.8 Å². The first kappa shape index (κ1) is 15.9. The van der Waals surface area contributed by atoms with Gasteiger partial charge in [0, 0.05) is 17.6 Å². The number of alkyl halides is 3. The van der Waals surface area contributed by atoms with E-state index >= 15 is 0 Å². The molecule has 4 rings (SSSR count). The van der Waals surface area contributed by atoms with Crippen molar-refractivity contribution >= 4 is 22.3 Å². The number of pyridine rings is 1. The third kappa shape index (κ3) is 2.92. The summed E-state index contributed by atoms with van der Waals surface area (Å²) < 4.78 is 52.9. The lowest BCUT2D eigenvalue weighted by Crippen LogP contribution is -2.10. The van der Waals surface area contributed by atoms with E-state index in [9.17, 15) is 17.6 Å². The molecule has 2 nitrogen and oxygen atoms in total. The van der Waals surface area contributed by atoms with E-state index in [0.717, 1.165) is 29.9 Å². The molecule has 1 N–H and O–H groups in total. The van der Waals surface area contributed by atoms with E-state index in [1.807, 2.05) is 12.1 Å². The predicted octanol–water partition coefficient (Wildman–Crippen LogP) is 5.81. The molecule has 1 aliphatic rings. The summed E-state index contributed by atoms with van der Waals surface area (Å²) in [6.45, 7) is 0. The van der Waals surface area contributed by atoms with Gasteiger partial charge in [0.05, 0.1) is 11.3 Å². The molecule has 0 bridgehead atoms. The van der Waals surface area contributed by atoms with Gasteiger partial charge >= 0.3 is 6.18 Å². The van der Waals surface area contributed by atoms with Gasteiger partial charge in [0.25, 0.3) is 0 Å². The van der Waals surface area contributed by atoms with Gasteiger partial charge in [-0.3, -0.25) is 0 Å². The van der Waals surface area contributed by atoms with Crippen LogP contribution < -0.4 is 5.32 Å². The van der Waals surface area contributed by atoms with E-state index in [4.69, 9.17) is 0 Å². The highest BCUT2D eigenvalue weighted by Gasteiger charge is 2.35. The van der Waals surface area contributed by atoms with Gasteiger partial charge in [-0.1, -0.05) is 24.3 Å². The number of hydrogen-bond acceptors (Lipinski definition) is 2. The van der Waals surface area contributed by atoms with Crippen molar-refractivity contribution in [1.82, 2.24) is 4.98 Å². The molecule has 127 valence electrons. The fraction of sp³-hybridized carbons (Fsp3) is 0.211. The highest BCUT2D eigenvalue weighted by atomic mass is 19.4. The minimum atomic E-state index is -4.75. The van der Waals surface area contributed by atoms with Crippen LogP contribution >= 0.6 is 0 Å². The Balaban J connectivity index is 1.78. The van der Waals surface area contributed by atoms with Crippen LogP contribution in [-0.2, 0) is 6.18 Å². The zero-order valence-electron chi connectivity index (χ0n) is 13.0. The van der Waals surface area contributed by atoms with Gasteiger partial charge in [-0.15, -0.1) is 0 Å². The van der Waals surface area contributed by atoms with E-state index in [1.165, 1.54) is 18.3 Å². The number of benzene rings is 2. The second-order valence-corrected chi connectivity index (χ2v) is 6.09. The standard InChI is InChI=1S/C19H13F4N2/c20-17-15(19(21,22)23)5-2-6-16(17)25-18-14-4-1-3-12(11-7-8-11)13(14)9-10-24-18/h1-6,10-11H,7-8H2,(H,24,25). The molecular formula is C19H13F4N2. The first-order valence-corrected chi connectivity index (χ1v) is 7.87. The molecule has 2 aromatic carbocycles. The van der Waals surface area contributed by atoms with Crippen molar-refractivity contribution in [2.75, 3.05) is 5.32 Å². The lowest BCUT2D eigenvalue weighted by molar-refractivity contribution is -0.139. The summed E-state index contributed by atoms with van der Waals surface area (Å²) >= 11 is 0. The number of hydrogen-bond donors (Lipinski definition) is 1. The normalized spacial score (nSPS) is 14.7. The minimum Gasteiger partial charge on any atom is -0.337 e. The third-order valence-electron chi connectivity index (χ3n) is 4.33. The maximum Gasteiger partial charge on any atom is 0.419 e. The van der Waals surface area contributed by atoms with E-state index in [-0.39, 0.29) is 5.69 Å². The van der Waals surface area contributed by atoms with Crippen LogP contribution in [0.25, 0.3) is 10.8 Å². The number of aromatic nitrogens is 1. The van der Waals surface area contributed by atoms with Crippen LogP contribution in [-0.4, -0.2) is 4.98 Å². The molecular weight excluding hydrogens is 332 g/mol. The Morgan fingerprint density at radius 1 is 1.08 bits per heavy atom. The quantitative estimate of drug-likeness (QED) is 0.606. The second-order valence-electron chi connectivity index (χ2n) is 6.09. The lowest BCUT2D eigenvalue weighted by atomic mass is 10.0. The molecule has 0 unspecified atom stereocenters. The van der Waals surface area contributed by atoms with Gasteiger partial charge in [0.15, 0.2) is 5.82 Å². The monoisotopic (exact) mass is 345 g/mol. The highest BCUT2D eigenvalue weighted by molar-refractivity contribution is 5.95. The van der Waals surface area contributed by atoms with E-state index < -0.39 is 17.6 Å². The zero-order chi connectivity index (χ0) is 17.6. The minimum absolute atomic E-state index is 0.258. The molecule has 1 saturated carbocycles. The number of rotatable bonds is 3. The molecule has 0 atom stereocenters. The number of nitrogens with one attached hydrogen (secondary N) is 1. The summed E-state index contributed by atoms with van der Waals surface area (Å²) in [7, 11) is 0. The van der Waals surface area contributed by atoms with Gasteiger partial charge < -0.3 is 5.32 Å². The Bertz CT molecular complexity index is 946. The summed E-state index contributed by atoms with van der Waals surface area (Å²) in [5.41, 5.74) is -0.415. The van der Waals surface area contributed by atoms with Crippen LogP contribution in [0.1, 0.15) is 29.9 Å². The van der Waals surface area contributed by atoms with Gasteiger partial charge in [0.2, 0.25) is 0 Å². The number of fused-ring (bicyclic) bond motifs is 1. The predicted molar refractivity (Wildman–Crippen MR) is 87.2 cm³/mol. The van der Waals surface area contributed by atoms with Crippen LogP contribution in [0, 0.1) is 11.9 Å². The maximum absolute atomic E-state index is 14.3. The van der Waals surface area contributed by atoms with E-state index in [0.29, 0.717) is 17.1 Å². The summed E-state index contributed by atoms with van der Waals surface area (Å²) in [6, 6.07) is 11.9. The Morgan fingerprint density at radius 3 is 2.56 bits per heavy atom. The van der Waals surface area contributed by atoms with Gasteiger partial charge in [-0.2, -0.15) is 13.2 Å². The first-order valence-electron chi connectivity index (χ1n) is 7.87. The molecule has 3 aromatic rings. The molecule has 0 aliphatic heterocycles. The summed E-state index contributed by atoms with van der Waals surface area (Å²) in [4.78, 5) is 4.14. The number of anilines is 2. The zero-order valence-corrected chi connectivity index (χ0v) is 13.0. The Labute approximate surface area is 141 Å². The van der Waals surface area contributed by atoms with E-state index in [2.05, 4.69) is 16.4 Å². The molecule has 1 fully saturated rings. The SMILES string of the molecule is Fc1c(Nc2nc[c]c3c(C4CC4)cccc23)cccc1C(F)(F)F. The van der Waals surface area contributed by atoms with Crippen molar-refractivity contribution in [2.24, 2.45) is 0 Å². The Morgan fingerprint density at radius 2 is 1.84 bits per heavy atom. The van der Waals surface area contributed by atoms with Crippen LogP contribution in [0.15, 0.2) is 42.6 Å². The van der Waals surface area contributed by atoms with Crippen molar-refractivity contribution in [3.63, 3.8) is 0 Å². The molecule has 1 radical (unpaired) electrons. The molecule has 0 spiro atoms. The van der Waals surface area contributed by atoms with Crippen LogP contribution in [0.4, 0.5) is 29.1 Å². The van der Waals surface area contributed by atoms with Gasteiger partial charge in [0.1, 0.15) is 5.82 Å². The van der Waals surface area contributed by atoms with Crippen LogP contribution in [0.2, 0.25) is 0 Å². The number of nitrogens with zero attached hydrogens (tertiary/aromatic N) is 1. The third-order valence-corrected chi connectivity index (χ3v) is 4.33. The molecule has 0 saturated heterocycles. The average Bonchev–Trinajstić information content (AvgIpc) is 3.40. The molecule has 25 heavy (non-hydrogen) atoms. The second kappa shape index (κ2) is 5.72. The average molecular weight is 345 g/mol. The molecule has 0 amide bonds.